The molecule has 0 radical (unpaired) electrons. The van der Waals surface area contributed by atoms with Crippen molar-refractivity contribution in [1.82, 2.24) is 0 Å². The topological polar surface area (TPSA) is 76.0 Å². The highest BCUT2D eigenvalue weighted by Crippen LogP contribution is 2.34. The molecular weight excluding hydrogens is 284 g/mol. The van der Waals surface area contributed by atoms with Crippen LogP contribution in [0.2, 0.25) is 0 Å². The van der Waals surface area contributed by atoms with Gasteiger partial charge in [-0.15, -0.1) is 0 Å². The van der Waals surface area contributed by atoms with E-state index in [2.05, 4.69) is 20.8 Å². The molecule has 124 valence electrons. The maximum Gasteiger partial charge on any atom is 0.341 e. The summed E-state index contributed by atoms with van der Waals surface area (Å²) < 4.78 is 10.7. The van der Waals surface area contributed by atoms with Crippen molar-refractivity contribution in [3.63, 3.8) is 0 Å². The van der Waals surface area contributed by atoms with E-state index >= 15 is 0 Å². The molecule has 2 aliphatic rings. The Morgan fingerprint density at radius 3 is 2.59 bits per heavy atom. The van der Waals surface area contributed by atoms with Gasteiger partial charge in [0.15, 0.2) is 11.9 Å². The van der Waals surface area contributed by atoms with Gasteiger partial charge in [-0.2, -0.15) is 0 Å². The van der Waals surface area contributed by atoms with Crippen LogP contribution in [0.5, 0.6) is 0 Å². The fourth-order valence-corrected chi connectivity index (χ4v) is 2.92. The Bertz CT molecular complexity index is 481. The van der Waals surface area contributed by atoms with Crippen molar-refractivity contribution in [3.8, 4) is 0 Å². The molecule has 0 saturated heterocycles. The number of rotatable bonds is 5. The molecule has 0 spiro atoms. The van der Waals surface area contributed by atoms with Gasteiger partial charge in [0.25, 0.3) is 0 Å². The first kappa shape index (κ1) is 17.0. The highest BCUT2D eigenvalue weighted by Gasteiger charge is 2.46. The first-order chi connectivity index (χ1) is 10.3. The van der Waals surface area contributed by atoms with E-state index in [0.717, 1.165) is 12.8 Å². The summed E-state index contributed by atoms with van der Waals surface area (Å²) in [6.07, 6.45) is 2.37. The molecule has 6 atom stereocenters. The van der Waals surface area contributed by atoms with Gasteiger partial charge in [0.05, 0.1) is 0 Å². The van der Waals surface area contributed by atoms with Crippen LogP contribution in [-0.2, 0) is 14.3 Å². The average molecular weight is 310 g/mol. The van der Waals surface area contributed by atoms with Gasteiger partial charge in [-0.25, -0.2) is 4.79 Å². The predicted molar refractivity (Wildman–Crippen MR) is 81.8 cm³/mol. The number of esters is 1. The smallest absolute Gasteiger partial charge is 0.341 e. The lowest BCUT2D eigenvalue weighted by Gasteiger charge is -2.31. The Morgan fingerprint density at radius 1 is 1.27 bits per heavy atom. The third-order valence-electron chi connectivity index (χ3n) is 4.46. The van der Waals surface area contributed by atoms with Crippen molar-refractivity contribution in [2.24, 2.45) is 11.8 Å². The van der Waals surface area contributed by atoms with Crippen LogP contribution in [0.4, 0.5) is 0 Å². The van der Waals surface area contributed by atoms with E-state index in [1.54, 1.807) is 13.0 Å². The number of hydrogen-bond donors (Lipinski definition) is 2. The van der Waals surface area contributed by atoms with Crippen molar-refractivity contribution in [1.29, 1.82) is 0 Å². The van der Waals surface area contributed by atoms with Crippen LogP contribution in [0.25, 0.3) is 0 Å². The van der Waals surface area contributed by atoms with Crippen LogP contribution < -0.4 is 0 Å². The molecule has 2 aliphatic heterocycles. The fraction of sp³-hybridized carbons (Fsp3) is 0.706. The highest BCUT2D eigenvalue weighted by molar-refractivity contribution is 5.93. The van der Waals surface area contributed by atoms with Crippen LogP contribution in [0.1, 0.15) is 40.5 Å². The predicted octanol–water partition coefficient (Wildman–Crippen LogP) is 1.93. The average Bonchev–Trinajstić information content (AvgIpc) is 2.75. The maximum atomic E-state index is 11.7. The highest BCUT2D eigenvalue weighted by atomic mass is 16.6. The van der Waals surface area contributed by atoms with Crippen LogP contribution in [0.15, 0.2) is 23.5 Å². The first-order valence-electron chi connectivity index (χ1n) is 8.01. The summed E-state index contributed by atoms with van der Waals surface area (Å²) in [6, 6.07) is 0. The molecule has 0 aromatic rings. The van der Waals surface area contributed by atoms with Gasteiger partial charge in [0.2, 0.25) is 0 Å². The molecule has 0 aliphatic carbocycles. The van der Waals surface area contributed by atoms with Gasteiger partial charge < -0.3 is 19.7 Å². The number of hydrogen-bond acceptors (Lipinski definition) is 5. The number of aliphatic hydroxyl groups excluding tert-OH is 2. The number of aliphatic hydroxyl groups is 2. The molecule has 0 aromatic carbocycles. The minimum absolute atomic E-state index is 0.0531. The quantitative estimate of drug-likeness (QED) is 0.599. The Kier molecular flexibility index (Phi) is 5.29. The minimum atomic E-state index is -1.26. The van der Waals surface area contributed by atoms with Crippen molar-refractivity contribution in [2.75, 3.05) is 0 Å². The molecule has 22 heavy (non-hydrogen) atoms. The normalized spacial score (nSPS) is 34.4. The zero-order chi connectivity index (χ0) is 16.4. The SMILES string of the molecule is CCC(C)CC(C)C=CC1OC2=C(C(=O)OC2C)C(O)C1O. The molecule has 6 unspecified atom stereocenters. The molecule has 0 saturated carbocycles. The Labute approximate surface area is 131 Å². The fourth-order valence-electron chi connectivity index (χ4n) is 2.92. The Hall–Kier alpha value is -1.33. The van der Waals surface area contributed by atoms with Gasteiger partial charge in [-0.3, -0.25) is 0 Å². The first-order valence-corrected chi connectivity index (χ1v) is 8.01. The lowest BCUT2D eigenvalue weighted by molar-refractivity contribution is -0.140. The van der Waals surface area contributed by atoms with E-state index in [9.17, 15) is 15.0 Å². The van der Waals surface area contributed by atoms with Crippen molar-refractivity contribution in [3.05, 3.63) is 23.5 Å². The second kappa shape index (κ2) is 6.84. The van der Waals surface area contributed by atoms with Crippen LogP contribution in [0.3, 0.4) is 0 Å². The van der Waals surface area contributed by atoms with E-state index in [4.69, 9.17) is 9.47 Å². The van der Waals surface area contributed by atoms with Crippen molar-refractivity contribution >= 4 is 5.97 Å². The third kappa shape index (κ3) is 3.36. The molecule has 0 bridgehead atoms. The van der Waals surface area contributed by atoms with Gasteiger partial charge >= 0.3 is 5.97 Å². The van der Waals surface area contributed by atoms with E-state index in [1.165, 1.54) is 0 Å². The van der Waals surface area contributed by atoms with E-state index in [1.807, 2.05) is 6.08 Å². The minimum Gasteiger partial charge on any atom is -0.483 e. The van der Waals surface area contributed by atoms with E-state index in [0.29, 0.717) is 17.6 Å². The number of cyclic esters (lactones) is 1. The summed E-state index contributed by atoms with van der Waals surface area (Å²) in [7, 11) is 0. The number of carbonyl (C=O) groups is 1. The summed E-state index contributed by atoms with van der Waals surface area (Å²) in [5, 5.41) is 20.3. The monoisotopic (exact) mass is 310 g/mol. The summed E-state index contributed by atoms with van der Waals surface area (Å²) >= 11 is 0. The van der Waals surface area contributed by atoms with Gasteiger partial charge in [-0.1, -0.05) is 33.3 Å². The molecule has 0 aromatic heterocycles. The van der Waals surface area contributed by atoms with E-state index < -0.39 is 30.4 Å². The largest absolute Gasteiger partial charge is 0.483 e. The third-order valence-corrected chi connectivity index (χ3v) is 4.46. The molecule has 5 heteroatoms. The number of ether oxygens (including phenoxy) is 2. The summed E-state index contributed by atoms with van der Waals surface area (Å²) in [6.45, 7) is 8.18. The lowest BCUT2D eigenvalue weighted by Crippen LogP contribution is -2.44. The van der Waals surface area contributed by atoms with E-state index in [-0.39, 0.29) is 5.57 Å². The molecule has 0 amide bonds. The van der Waals surface area contributed by atoms with Crippen LogP contribution in [-0.4, -0.2) is 40.6 Å². The molecule has 0 fully saturated rings. The maximum absolute atomic E-state index is 11.7. The van der Waals surface area contributed by atoms with Crippen molar-refractivity contribution < 1.29 is 24.5 Å². The van der Waals surface area contributed by atoms with Gasteiger partial charge in [0, 0.05) is 0 Å². The molecule has 2 N–H and O–H groups in total. The zero-order valence-electron chi connectivity index (χ0n) is 13.7. The second-order valence-electron chi connectivity index (χ2n) is 6.45. The van der Waals surface area contributed by atoms with Crippen LogP contribution in [0, 0.1) is 11.8 Å². The summed E-state index contributed by atoms with van der Waals surface area (Å²) in [5.41, 5.74) is 0.0531. The van der Waals surface area contributed by atoms with Gasteiger partial charge in [-0.05, 0) is 31.3 Å². The number of carbonyl (C=O) groups excluding carboxylic acids is 1. The van der Waals surface area contributed by atoms with Crippen molar-refractivity contribution in [2.45, 2.75) is 65.0 Å². The molecule has 5 nitrogen and oxygen atoms in total. The van der Waals surface area contributed by atoms with Crippen LogP contribution >= 0.6 is 0 Å². The zero-order valence-corrected chi connectivity index (χ0v) is 13.7. The summed E-state index contributed by atoms with van der Waals surface area (Å²) in [4.78, 5) is 11.7. The second-order valence-corrected chi connectivity index (χ2v) is 6.45. The molecular formula is C17H26O5. The number of allylic oxidation sites excluding steroid dienone is 1. The summed E-state index contributed by atoms with van der Waals surface area (Å²) in [5.74, 6) is 0.725. The molecule has 2 rings (SSSR count). The van der Waals surface area contributed by atoms with Gasteiger partial charge in [0.1, 0.15) is 23.9 Å². The Balaban J connectivity index is 2.07. The Morgan fingerprint density at radius 2 is 1.95 bits per heavy atom. The molecule has 2 heterocycles. The lowest BCUT2D eigenvalue weighted by atomic mass is 9.92. The standard InChI is InChI=1S/C17H26O5/c1-5-9(2)8-10(3)6-7-12-14(18)15(19)13-16(22-12)11(4)21-17(13)20/h6-7,9-12,14-15,18-19H,5,8H2,1-4H3.